The van der Waals surface area contributed by atoms with Gasteiger partial charge in [0.15, 0.2) is 23.5 Å². The average Bonchev–Trinajstić information content (AvgIpc) is 2.98. The van der Waals surface area contributed by atoms with Gasteiger partial charge in [0.1, 0.15) is 65.2 Å². The zero-order chi connectivity index (χ0) is 32.0. The van der Waals surface area contributed by atoms with Crippen molar-refractivity contribution in [2.75, 3.05) is 13.7 Å². The van der Waals surface area contributed by atoms with Crippen LogP contribution in [0.4, 0.5) is 0 Å². The number of aliphatic hydroxyl groups excluding tert-OH is 6. The van der Waals surface area contributed by atoms with E-state index in [1.165, 1.54) is 32.2 Å². The van der Waals surface area contributed by atoms with Gasteiger partial charge in [-0.3, -0.25) is 4.79 Å². The first-order valence-corrected chi connectivity index (χ1v) is 13.4. The van der Waals surface area contributed by atoms with Crippen molar-refractivity contribution < 1.29 is 74.1 Å². The third kappa shape index (κ3) is 5.74. The van der Waals surface area contributed by atoms with Crippen LogP contribution in [0, 0.1) is 0 Å². The highest BCUT2D eigenvalue weighted by Gasteiger charge is 2.47. The lowest BCUT2D eigenvalue weighted by molar-refractivity contribution is -0.318. The van der Waals surface area contributed by atoms with Crippen molar-refractivity contribution in [3.05, 3.63) is 40.6 Å². The van der Waals surface area contributed by atoms with Crippen molar-refractivity contribution in [2.45, 2.75) is 68.3 Å². The number of benzene rings is 2. The molecule has 240 valence electrons. The molecule has 44 heavy (non-hydrogen) atoms. The Morgan fingerprint density at radius 2 is 1.48 bits per heavy atom. The summed E-state index contributed by atoms with van der Waals surface area (Å²) in [4.78, 5) is 13.7. The molecule has 10 atom stereocenters. The molecular weight excluding hydrogens is 592 g/mol. The van der Waals surface area contributed by atoms with Crippen molar-refractivity contribution in [3.8, 4) is 40.1 Å². The Labute approximate surface area is 248 Å². The monoisotopic (exact) mass is 624 g/mol. The van der Waals surface area contributed by atoms with Gasteiger partial charge < -0.3 is 74.1 Å². The third-order valence-electron chi connectivity index (χ3n) is 7.49. The summed E-state index contributed by atoms with van der Waals surface area (Å²) >= 11 is 0. The Balaban J connectivity index is 1.48. The van der Waals surface area contributed by atoms with Crippen LogP contribution in [-0.2, 0) is 14.2 Å². The molecule has 2 aliphatic rings. The quantitative estimate of drug-likeness (QED) is 0.147. The summed E-state index contributed by atoms with van der Waals surface area (Å²) in [6, 6.07) is 5.88. The second-order valence-corrected chi connectivity index (χ2v) is 10.5. The predicted molar refractivity (Wildman–Crippen MR) is 145 cm³/mol. The van der Waals surface area contributed by atoms with E-state index in [0.717, 1.165) is 12.1 Å². The van der Waals surface area contributed by atoms with Crippen LogP contribution in [0.1, 0.15) is 6.92 Å². The van der Waals surface area contributed by atoms with Gasteiger partial charge in [-0.2, -0.15) is 0 Å². The van der Waals surface area contributed by atoms with Crippen LogP contribution in [0.2, 0.25) is 0 Å². The van der Waals surface area contributed by atoms with Crippen molar-refractivity contribution in [2.24, 2.45) is 0 Å². The molecule has 1 aromatic heterocycles. The van der Waals surface area contributed by atoms with Crippen LogP contribution in [0.5, 0.6) is 28.7 Å². The molecule has 16 heteroatoms. The normalized spacial score (nSPS) is 32.5. The second-order valence-electron chi connectivity index (χ2n) is 10.5. The minimum Gasteiger partial charge on any atom is -0.508 e. The Hall–Kier alpha value is -3.71. The number of phenols is 3. The predicted octanol–water partition coefficient (Wildman–Crippen LogP) is -1.38. The molecular formula is C28H32O16. The maximum atomic E-state index is 13.7. The molecule has 2 saturated heterocycles. The molecule has 0 unspecified atom stereocenters. The molecule has 2 aromatic carbocycles. The highest BCUT2D eigenvalue weighted by molar-refractivity contribution is 5.88. The molecule has 0 amide bonds. The van der Waals surface area contributed by atoms with E-state index in [9.17, 15) is 50.8 Å². The lowest BCUT2D eigenvalue weighted by atomic mass is 9.98. The molecule has 16 nitrogen and oxygen atoms in total. The first-order valence-electron chi connectivity index (χ1n) is 13.4. The number of aliphatic hydroxyl groups is 6. The van der Waals surface area contributed by atoms with Crippen LogP contribution in [0.25, 0.3) is 22.3 Å². The van der Waals surface area contributed by atoms with Gasteiger partial charge in [0.2, 0.25) is 17.5 Å². The first-order chi connectivity index (χ1) is 20.8. The molecule has 9 N–H and O–H groups in total. The Morgan fingerprint density at radius 1 is 0.795 bits per heavy atom. The van der Waals surface area contributed by atoms with Gasteiger partial charge >= 0.3 is 0 Å². The fraction of sp³-hybridized carbons (Fsp3) is 0.464. The molecule has 0 aliphatic carbocycles. The van der Waals surface area contributed by atoms with E-state index in [1.54, 1.807) is 0 Å². The Morgan fingerprint density at radius 3 is 2.16 bits per heavy atom. The summed E-state index contributed by atoms with van der Waals surface area (Å²) in [5.74, 6) is -2.33. The summed E-state index contributed by atoms with van der Waals surface area (Å²) in [6.45, 7) is 0.841. The summed E-state index contributed by atoms with van der Waals surface area (Å²) in [5, 5.41) is 92.3. The van der Waals surface area contributed by atoms with E-state index < -0.39 is 96.1 Å². The Kier molecular flexibility index (Phi) is 8.90. The van der Waals surface area contributed by atoms with Gasteiger partial charge in [0.05, 0.1) is 19.8 Å². The zero-order valence-electron chi connectivity index (χ0n) is 23.3. The first kappa shape index (κ1) is 31.7. The molecule has 2 fully saturated rings. The number of hydrogen-bond donors (Lipinski definition) is 9. The van der Waals surface area contributed by atoms with Crippen molar-refractivity contribution >= 4 is 11.0 Å². The lowest BCUT2D eigenvalue weighted by Gasteiger charge is -2.42. The molecule has 5 rings (SSSR count). The van der Waals surface area contributed by atoms with E-state index >= 15 is 0 Å². The lowest BCUT2D eigenvalue weighted by Crippen LogP contribution is -2.61. The number of phenolic OH excluding ortho intramolecular Hbond substituents is 3. The topological polar surface area (TPSA) is 258 Å². The van der Waals surface area contributed by atoms with Crippen molar-refractivity contribution in [3.63, 3.8) is 0 Å². The van der Waals surface area contributed by atoms with Crippen LogP contribution in [0.15, 0.2) is 39.5 Å². The van der Waals surface area contributed by atoms with Crippen LogP contribution in [-0.4, -0.2) is 121 Å². The number of hydrogen-bond acceptors (Lipinski definition) is 16. The smallest absolute Gasteiger partial charge is 0.239 e. The summed E-state index contributed by atoms with van der Waals surface area (Å²) in [7, 11) is 1.32. The van der Waals surface area contributed by atoms with Crippen LogP contribution in [0.3, 0.4) is 0 Å². The molecule has 0 spiro atoms. The number of rotatable bonds is 7. The van der Waals surface area contributed by atoms with Crippen LogP contribution >= 0.6 is 0 Å². The van der Waals surface area contributed by atoms with Crippen LogP contribution < -0.4 is 14.9 Å². The second kappa shape index (κ2) is 12.4. The fourth-order valence-electron chi connectivity index (χ4n) is 5.01. The molecule has 0 radical (unpaired) electrons. The zero-order valence-corrected chi connectivity index (χ0v) is 23.3. The molecule has 2 aliphatic heterocycles. The molecule has 0 bridgehead atoms. The number of methoxy groups -OCH3 is 1. The minimum atomic E-state index is -1.95. The standard InChI is InChI=1S/C28H32O16/c1-9-18(32)21(35)23(37)27(41-9)40-8-16-19(33)22(36)24(38)28(43-16)44-26-20(34)17-13(31)6-11(29)7-15(17)42-25(26)10-3-4-14(39-2)12(30)5-10/h3-7,9,16,18-19,21-24,27-33,35-38H,8H2,1-2H3/t9-,16-,18+,19+,21+,22+,23-,24-,27-,28+/m1/s1. The molecule has 3 aromatic rings. The van der Waals surface area contributed by atoms with E-state index in [0.29, 0.717) is 0 Å². The Bertz CT molecular complexity index is 1560. The number of fused-ring (bicyclic) bond motifs is 1. The third-order valence-corrected chi connectivity index (χ3v) is 7.49. The summed E-state index contributed by atoms with van der Waals surface area (Å²) in [5.41, 5.74) is -1.19. The highest BCUT2D eigenvalue weighted by atomic mass is 16.7. The summed E-state index contributed by atoms with van der Waals surface area (Å²) < 4.78 is 33.1. The van der Waals surface area contributed by atoms with Crippen molar-refractivity contribution in [1.82, 2.24) is 0 Å². The van der Waals surface area contributed by atoms with Gasteiger partial charge in [0.25, 0.3) is 0 Å². The number of aromatic hydroxyl groups is 3. The SMILES string of the molecule is COc1ccc(-c2oc3cc(O)cc(O)c3c(=O)c2O[C@@H]2O[C@H](CO[C@@H]3O[C@H](C)[C@H](O)[C@H](O)[C@H]3O)[C@H](O)[C@H](O)[C@H]2O)cc1O. The average molecular weight is 625 g/mol. The van der Waals surface area contributed by atoms with Gasteiger partial charge in [-0.1, -0.05) is 0 Å². The van der Waals surface area contributed by atoms with E-state index in [1.807, 2.05) is 0 Å². The number of ether oxygens (including phenoxy) is 5. The van der Waals surface area contributed by atoms with Gasteiger partial charge in [-0.25, -0.2) is 0 Å². The maximum Gasteiger partial charge on any atom is 0.239 e. The van der Waals surface area contributed by atoms with E-state index in [4.69, 9.17) is 28.1 Å². The van der Waals surface area contributed by atoms with Gasteiger partial charge in [0, 0.05) is 17.7 Å². The maximum absolute atomic E-state index is 13.7. The summed E-state index contributed by atoms with van der Waals surface area (Å²) in [6.07, 6.45) is -16.0. The van der Waals surface area contributed by atoms with Gasteiger partial charge in [-0.05, 0) is 25.1 Å². The van der Waals surface area contributed by atoms with E-state index in [2.05, 4.69) is 0 Å². The largest absolute Gasteiger partial charge is 0.508 e. The van der Waals surface area contributed by atoms with Crippen molar-refractivity contribution in [1.29, 1.82) is 0 Å². The minimum absolute atomic E-state index is 0.0594. The molecule has 0 saturated carbocycles. The fourth-order valence-corrected chi connectivity index (χ4v) is 5.01. The highest BCUT2D eigenvalue weighted by Crippen LogP contribution is 2.39. The molecule has 3 heterocycles. The van der Waals surface area contributed by atoms with E-state index in [-0.39, 0.29) is 28.4 Å². The van der Waals surface area contributed by atoms with Gasteiger partial charge in [-0.15, -0.1) is 0 Å².